The number of nitrogens with one attached hydrogen (secondary N) is 1. The summed E-state index contributed by atoms with van der Waals surface area (Å²) in [7, 11) is 0. The largest absolute Gasteiger partial charge is 0.481 e. The van der Waals surface area contributed by atoms with Gasteiger partial charge in [0.05, 0.1) is 0 Å². The van der Waals surface area contributed by atoms with Crippen LogP contribution in [0.3, 0.4) is 0 Å². The van der Waals surface area contributed by atoms with Gasteiger partial charge in [0.25, 0.3) is 0 Å². The molecule has 0 bridgehead atoms. The predicted molar refractivity (Wildman–Crippen MR) is 76.5 cm³/mol. The second kappa shape index (κ2) is 6.14. The van der Waals surface area contributed by atoms with Gasteiger partial charge in [-0.15, -0.1) is 0 Å². The molecule has 0 saturated carbocycles. The van der Waals surface area contributed by atoms with Gasteiger partial charge in [-0.1, -0.05) is 12.2 Å². The van der Waals surface area contributed by atoms with Crippen molar-refractivity contribution in [2.75, 3.05) is 6.54 Å². The van der Waals surface area contributed by atoms with Crippen molar-refractivity contribution in [3.8, 4) is 0 Å². The van der Waals surface area contributed by atoms with Gasteiger partial charge in [0, 0.05) is 17.5 Å². The van der Waals surface area contributed by atoms with Gasteiger partial charge >= 0.3 is 17.7 Å². The maximum absolute atomic E-state index is 11.5. The Bertz CT molecular complexity index is 548. The van der Waals surface area contributed by atoms with Crippen LogP contribution in [0.5, 0.6) is 0 Å². The van der Waals surface area contributed by atoms with E-state index in [0.29, 0.717) is 5.57 Å². The molecule has 9 heteroatoms. The van der Waals surface area contributed by atoms with Crippen LogP contribution in [0.4, 0.5) is 4.79 Å². The van der Waals surface area contributed by atoms with Crippen molar-refractivity contribution < 1.29 is 24.4 Å². The van der Waals surface area contributed by atoms with Gasteiger partial charge in [0.15, 0.2) is 5.92 Å². The first-order valence-corrected chi connectivity index (χ1v) is 6.48. The molecular formula is C13H19N3O6. The second-order valence-electron chi connectivity index (χ2n) is 5.89. The molecule has 0 fully saturated rings. The maximum atomic E-state index is 11.5. The van der Waals surface area contributed by atoms with Crippen molar-refractivity contribution in [3.63, 3.8) is 0 Å². The molecule has 0 aliphatic heterocycles. The average molecular weight is 313 g/mol. The number of nitro groups is 1. The molecule has 1 aliphatic rings. The van der Waals surface area contributed by atoms with Crippen LogP contribution >= 0.6 is 0 Å². The van der Waals surface area contributed by atoms with Crippen LogP contribution in [0.1, 0.15) is 20.8 Å². The van der Waals surface area contributed by atoms with Gasteiger partial charge in [0.1, 0.15) is 5.60 Å². The highest BCUT2D eigenvalue weighted by molar-refractivity contribution is 5.75. The predicted octanol–water partition coefficient (Wildman–Crippen LogP) is 0.640. The van der Waals surface area contributed by atoms with Crippen molar-refractivity contribution in [2.45, 2.75) is 32.0 Å². The number of alkyl carbamates (subject to hydrolysis) is 1. The quantitative estimate of drug-likeness (QED) is 0.392. The summed E-state index contributed by atoms with van der Waals surface area (Å²) in [6.07, 6.45) is 2.81. The molecule has 2 atom stereocenters. The first kappa shape index (κ1) is 17.6. The highest BCUT2D eigenvalue weighted by atomic mass is 16.6. The minimum Gasteiger partial charge on any atom is -0.481 e. The molecular weight excluding hydrogens is 294 g/mol. The number of hydrogen-bond acceptors (Lipinski definition) is 6. The summed E-state index contributed by atoms with van der Waals surface area (Å²) in [6, 6.07) is 0. The van der Waals surface area contributed by atoms with E-state index >= 15 is 0 Å². The Morgan fingerprint density at radius 3 is 2.59 bits per heavy atom. The van der Waals surface area contributed by atoms with Crippen LogP contribution < -0.4 is 11.1 Å². The fraction of sp³-hybridized carbons (Fsp3) is 0.538. The summed E-state index contributed by atoms with van der Waals surface area (Å²) in [6.45, 7) is 5.08. The van der Waals surface area contributed by atoms with Crippen LogP contribution in [0.2, 0.25) is 0 Å². The summed E-state index contributed by atoms with van der Waals surface area (Å²) in [4.78, 5) is 32.8. The number of nitrogens with two attached hydrogens (primary N) is 1. The number of nitrogens with zero attached hydrogens (tertiary/aromatic N) is 1. The highest BCUT2D eigenvalue weighted by Crippen LogP contribution is 2.26. The zero-order valence-corrected chi connectivity index (χ0v) is 12.5. The maximum Gasteiger partial charge on any atom is 0.407 e. The van der Waals surface area contributed by atoms with E-state index in [1.807, 2.05) is 0 Å². The van der Waals surface area contributed by atoms with E-state index in [2.05, 4.69) is 5.32 Å². The molecule has 1 amide bonds. The third-order valence-corrected chi connectivity index (χ3v) is 2.86. The SMILES string of the molecule is CC(C)(C)OC(=O)NCC1=CC(C(=O)O)C(N)([N+](=O)[O-])C=C1. The molecule has 1 aliphatic carbocycles. The van der Waals surface area contributed by atoms with Gasteiger partial charge in [-0.2, -0.15) is 0 Å². The van der Waals surface area contributed by atoms with E-state index in [1.165, 1.54) is 6.08 Å². The summed E-state index contributed by atoms with van der Waals surface area (Å²) in [5.41, 5.74) is 3.04. The Morgan fingerprint density at radius 1 is 1.55 bits per heavy atom. The molecule has 9 nitrogen and oxygen atoms in total. The highest BCUT2D eigenvalue weighted by Gasteiger charge is 2.49. The third kappa shape index (κ3) is 4.29. The lowest BCUT2D eigenvalue weighted by Gasteiger charge is -2.25. The van der Waals surface area contributed by atoms with Gasteiger partial charge < -0.3 is 15.2 Å². The van der Waals surface area contributed by atoms with Crippen LogP contribution in [0.25, 0.3) is 0 Å². The lowest BCUT2D eigenvalue weighted by molar-refractivity contribution is -0.559. The van der Waals surface area contributed by atoms with Crippen LogP contribution in [-0.2, 0) is 9.53 Å². The van der Waals surface area contributed by atoms with E-state index in [1.54, 1.807) is 20.8 Å². The minimum atomic E-state index is -2.21. The number of amides is 1. The summed E-state index contributed by atoms with van der Waals surface area (Å²) >= 11 is 0. The Labute approximate surface area is 127 Å². The summed E-state index contributed by atoms with van der Waals surface area (Å²) in [5, 5.41) is 22.5. The van der Waals surface area contributed by atoms with E-state index in [-0.39, 0.29) is 6.54 Å². The molecule has 0 radical (unpaired) electrons. The Balaban J connectivity index is 2.79. The monoisotopic (exact) mass is 313 g/mol. The molecule has 0 saturated heterocycles. The van der Waals surface area contributed by atoms with E-state index < -0.39 is 34.2 Å². The zero-order chi connectivity index (χ0) is 17.1. The van der Waals surface area contributed by atoms with Gasteiger partial charge in [-0.05, 0) is 26.3 Å². The molecule has 4 N–H and O–H groups in total. The number of carboxylic acid groups (broad SMARTS) is 1. The standard InChI is InChI=1S/C13H19N3O6/c1-12(2,3)22-11(19)15-7-8-4-5-13(14,16(20)21)9(6-8)10(17)18/h4-6,9H,7,14H2,1-3H3,(H,15,19)(H,17,18). The first-order valence-electron chi connectivity index (χ1n) is 6.48. The minimum absolute atomic E-state index is 0.0248. The third-order valence-electron chi connectivity index (χ3n) is 2.86. The molecule has 122 valence electrons. The molecule has 22 heavy (non-hydrogen) atoms. The molecule has 0 aromatic rings. The average Bonchev–Trinajstić information content (AvgIpc) is 2.35. The van der Waals surface area contributed by atoms with Crippen molar-refractivity contribution in [1.82, 2.24) is 5.32 Å². The zero-order valence-electron chi connectivity index (χ0n) is 12.5. The number of hydrogen-bond donors (Lipinski definition) is 3. The molecule has 0 spiro atoms. The van der Waals surface area contributed by atoms with Crippen molar-refractivity contribution in [3.05, 3.63) is 33.9 Å². The smallest absolute Gasteiger partial charge is 0.407 e. The van der Waals surface area contributed by atoms with Gasteiger partial charge in [-0.25, -0.2) is 4.79 Å². The number of ether oxygens (including phenoxy) is 1. The summed E-state index contributed by atoms with van der Waals surface area (Å²) in [5.74, 6) is -2.94. The first-order chi connectivity index (χ1) is 9.95. The fourth-order valence-corrected chi connectivity index (χ4v) is 1.80. The Kier molecular flexibility index (Phi) is 4.92. The normalized spacial score (nSPS) is 24.4. The lowest BCUT2D eigenvalue weighted by atomic mass is 9.86. The van der Waals surface area contributed by atoms with Crippen molar-refractivity contribution >= 4 is 12.1 Å². The number of rotatable bonds is 4. The molecule has 0 aromatic heterocycles. The topological polar surface area (TPSA) is 145 Å². The van der Waals surface area contributed by atoms with Crippen molar-refractivity contribution in [1.29, 1.82) is 0 Å². The molecule has 0 heterocycles. The van der Waals surface area contributed by atoms with Gasteiger partial charge in [0.2, 0.25) is 0 Å². The Hall–Kier alpha value is -2.42. The van der Waals surface area contributed by atoms with E-state index in [4.69, 9.17) is 15.6 Å². The number of carbonyl (C=O) groups excluding carboxylic acids is 1. The fourth-order valence-electron chi connectivity index (χ4n) is 1.80. The molecule has 0 aromatic carbocycles. The lowest BCUT2D eigenvalue weighted by Crippen LogP contribution is -2.55. The second-order valence-corrected chi connectivity index (χ2v) is 5.89. The van der Waals surface area contributed by atoms with Crippen LogP contribution in [0, 0.1) is 16.0 Å². The van der Waals surface area contributed by atoms with Gasteiger partial charge in [-0.3, -0.25) is 20.6 Å². The van der Waals surface area contributed by atoms with Crippen LogP contribution in [-0.4, -0.2) is 39.9 Å². The summed E-state index contributed by atoms with van der Waals surface area (Å²) < 4.78 is 5.03. The number of aliphatic carboxylic acids is 1. The van der Waals surface area contributed by atoms with E-state index in [0.717, 1.165) is 12.2 Å². The van der Waals surface area contributed by atoms with E-state index in [9.17, 15) is 19.7 Å². The molecule has 1 rings (SSSR count). The number of carbonyl (C=O) groups is 2. The van der Waals surface area contributed by atoms with Crippen molar-refractivity contribution in [2.24, 2.45) is 11.7 Å². The van der Waals surface area contributed by atoms with Crippen LogP contribution in [0.15, 0.2) is 23.8 Å². The number of carboxylic acids is 1. The Morgan fingerprint density at radius 2 is 2.14 bits per heavy atom. The molecule has 2 unspecified atom stereocenters.